The molecular formula is C16H33N3O2. The van der Waals surface area contributed by atoms with Gasteiger partial charge in [-0.15, -0.1) is 0 Å². The molecule has 1 amide bonds. The number of rotatable bonds is 7. The summed E-state index contributed by atoms with van der Waals surface area (Å²) in [4.78, 5) is 14.3. The lowest BCUT2D eigenvalue weighted by Gasteiger charge is -2.45. The molecule has 3 atom stereocenters. The summed E-state index contributed by atoms with van der Waals surface area (Å²) >= 11 is 0. The molecule has 5 nitrogen and oxygen atoms in total. The second kappa shape index (κ2) is 7.07. The Morgan fingerprint density at radius 1 is 1.57 bits per heavy atom. The maximum atomic E-state index is 11.9. The molecule has 5 heteroatoms. The molecule has 3 unspecified atom stereocenters. The van der Waals surface area contributed by atoms with Crippen LogP contribution in [0.4, 0.5) is 0 Å². The molecule has 1 fully saturated rings. The van der Waals surface area contributed by atoms with Crippen molar-refractivity contribution in [1.29, 1.82) is 0 Å². The Morgan fingerprint density at radius 2 is 2.19 bits per heavy atom. The minimum Gasteiger partial charge on any atom is -0.370 e. The van der Waals surface area contributed by atoms with Crippen molar-refractivity contribution in [2.75, 3.05) is 19.6 Å². The maximum Gasteiger partial charge on any atom is 0.237 e. The minimum absolute atomic E-state index is 0.147. The van der Waals surface area contributed by atoms with Gasteiger partial charge in [0.1, 0.15) is 0 Å². The fourth-order valence-electron chi connectivity index (χ4n) is 3.22. The monoisotopic (exact) mass is 299 g/mol. The fourth-order valence-corrected chi connectivity index (χ4v) is 3.22. The van der Waals surface area contributed by atoms with E-state index >= 15 is 0 Å². The Morgan fingerprint density at radius 3 is 2.67 bits per heavy atom. The summed E-state index contributed by atoms with van der Waals surface area (Å²) in [5, 5.41) is 3.31. The lowest BCUT2D eigenvalue weighted by Crippen LogP contribution is -2.59. The molecule has 3 N–H and O–H groups in total. The predicted molar refractivity (Wildman–Crippen MR) is 86.2 cm³/mol. The van der Waals surface area contributed by atoms with Crippen LogP contribution in [0.1, 0.15) is 54.4 Å². The smallest absolute Gasteiger partial charge is 0.237 e. The number of nitrogens with two attached hydrogens (primary N) is 1. The number of nitrogens with zero attached hydrogens (tertiary/aromatic N) is 1. The number of hydrogen-bond acceptors (Lipinski definition) is 4. The Kier molecular flexibility index (Phi) is 6.20. The van der Waals surface area contributed by atoms with Crippen LogP contribution < -0.4 is 11.1 Å². The summed E-state index contributed by atoms with van der Waals surface area (Å²) < 4.78 is 5.95. The van der Waals surface area contributed by atoms with Crippen LogP contribution in [0.15, 0.2) is 0 Å². The van der Waals surface area contributed by atoms with E-state index in [0.29, 0.717) is 6.42 Å². The Balaban J connectivity index is 2.72. The highest BCUT2D eigenvalue weighted by molar-refractivity contribution is 5.84. The van der Waals surface area contributed by atoms with Crippen molar-refractivity contribution >= 4 is 5.91 Å². The molecule has 1 saturated heterocycles. The van der Waals surface area contributed by atoms with Crippen LogP contribution in [0.2, 0.25) is 0 Å². The van der Waals surface area contributed by atoms with Gasteiger partial charge < -0.3 is 15.8 Å². The quantitative estimate of drug-likeness (QED) is 0.748. The van der Waals surface area contributed by atoms with E-state index in [9.17, 15) is 4.79 Å². The third-order valence-electron chi connectivity index (χ3n) is 4.23. The lowest BCUT2D eigenvalue weighted by atomic mass is 9.90. The zero-order chi connectivity index (χ0) is 16.3. The second-order valence-electron chi connectivity index (χ2n) is 7.29. The van der Waals surface area contributed by atoms with Gasteiger partial charge in [0, 0.05) is 19.1 Å². The first-order chi connectivity index (χ1) is 9.59. The molecule has 0 bridgehead atoms. The molecule has 0 aromatic carbocycles. The number of amides is 1. The van der Waals surface area contributed by atoms with Crippen molar-refractivity contribution in [3.8, 4) is 0 Å². The first-order valence-corrected chi connectivity index (χ1v) is 8.06. The number of carbonyl (C=O) groups is 1. The zero-order valence-electron chi connectivity index (χ0n) is 14.5. The summed E-state index contributed by atoms with van der Waals surface area (Å²) in [7, 11) is 0. The highest BCUT2D eigenvalue weighted by atomic mass is 16.5. The minimum atomic E-state index is -0.652. The van der Waals surface area contributed by atoms with Gasteiger partial charge in [-0.05, 0) is 54.0 Å². The van der Waals surface area contributed by atoms with Gasteiger partial charge in [0.05, 0.1) is 17.2 Å². The number of ether oxygens (including phenoxy) is 1. The topological polar surface area (TPSA) is 67.6 Å². The van der Waals surface area contributed by atoms with Gasteiger partial charge in [0.25, 0.3) is 0 Å². The highest BCUT2D eigenvalue weighted by Gasteiger charge is 2.38. The van der Waals surface area contributed by atoms with Crippen molar-refractivity contribution in [3.63, 3.8) is 0 Å². The fraction of sp³-hybridized carbons (Fsp3) is 0.938. The van der Waals surface area contributed by atoms with Crippen LogP contribution in [-0.2, 0) is 9.53 Å². The van der Waals surface area contributed by atoms with E-state index in [0.717, 1.165) is 26.1 Å². The highest BCUT2D eigenvalue weighted by Crippen LogP contribution is 2.25. The van der Waals surface area contributed by atoms with Gasteiger partial charge in [0.15, 0.2) is 0 Å². The molecule has 1 aliphatic rings. The van der Waals surface area contributed by atoms with Crippen LogP contribution >= 0.6 is 0 Å². The van der Waals surface area contributed by atoms with Gasteiger partial charge >= 0.3 is 0 Å². The van der Waals surface area contributed by atoms with E-state index in [1.54, 1.807) is 0 Å². The third-order valence-corrected chi connectivity index (χ3v) is 4.23. The largest absolute Gasteiger partial charge is 0.370 e. The van der Waals surface area contributed by atoms with E-state index in [2.05, 4.69) is 44.8 Å². The molecule has 0 spiro atoms. The average molecular weight is 299 g/mol. The Bertz CT molecular complexity index is 359. The van der Waals surface area contributed by atoms with E-state index in [1.165, 1.54) is 0 Å². The van der Waals surface area contributed by atoms with Crippen molar-refractivity contribution in [2.45, 2.75) is 77.7 Å². The molecule has 0 aromatic rings. The standard InChI is InChI=1S/C16H33N3O2/c1-7-8-18-16(6,14(17)20)9-12(2)19-10-13(3)21-15(4,5)11-19/h12-13,18H,7-11H2,1-6H3,(H2,17,20). The van der Waals surface area contributed by atoms with Crippen molar-refractivity contribution in [3.05, 3.63) is 0 Å². The Hall–Kier alpha value is -0.650. The van der Waals surface area contributed by atoms with Gasteiger partial charge in [-0.3, -0.25) is 9.69 Å². The molecule has 124 valence electrons. The predicted octanol–water partition coefficient (Wildman–Crippen LogP) is 1.51. The number of carbonyl (C=O) groups excluding carboxylic acids is 1. The van der Waals surface area contributed by atoms with Gasteiger partial charge in [-0.1, -0.05) is 6.92 Å². The average Bonchev–Trinajstić information content (AvgIpc) is 2.33. The second-order valence-corrected chi connectivity index (χ2v) is 7.29. The molecule has 0 aromatic heterocycles. The number of nitrogens with one attached hydrogen (secondary N) is 1. The van der Waals surface area contributed by atoms with Crippen LogP contribution in [0.3, 0.4) is 0 Å². The molecule has 1 rings (SSSR count). The first-order valence-electron chi connectivity index (χ1n) is 8.06. The van der Waals surface area contributed by atoms with E-state index in [4.69, 9.17) is 10.5 Å². The maximum absolute atomic E-state index is 11.9. The lowest BCUT2D eigenvalue weighted by molar-refractivity contribution is -0.140. The van der Waals surface area contributed by atoms with Gasteiger partial charge in [-0.2, -0.15) is 0 Å². The first kappa shape index (κ1) is 18.4. The van der Waals surface area contributed by atoms with Crippen molar-refractivity contribution < 1.29 is 9.53 Å². The van der Waals surface area contributed by atoms with Crippen molar-refractivity contribution in [2.24, 2.45) is 5.73 Å². The molecule has 1 heterocycles. The molecule has 0 aliphatic carbocycles. The van der Waals surface area contributed by atoms with Gasteiger partial charge in [0.2, 0.25) is 5.91 Å². The van der Waals surface area contributed by atoms with Crippen molar-refractivity contribution in [1.82, 2.24) is 10.2 Å². The molecule has 21 heavy (non-hydrogen) atoms. The Labute approximate surface area is 129 Å². The summed E-state index contributed by atoms with van der Waals surface area (Å²) in [5.74, 6) is -0.275. The molecule has 0 saturated carbocycles. The van der Waals surface area contributed by atoms with Crippen LogP contribution in [0, 0.1) is 0 Å². The molecule has 0 radical (unpaired) electrons. The number of morpholine rings is 1. The summed E-state index contributed by atoms with van der Waals surface area (Å²) in [6, 6.07) is 0.275. The molecular weight excluding hydrogens is 266 g/mol. The van der Waals surface area contributed by atoms with E-state index in [-0.39, 0.29) is 23.7 Å². The van der Waals surface area contributed by atoms with E-state index in [1.807, 2.05) is 6.92 Å². The number of hydrogen-bond donors (Lipinski definition) is 2. The SMILES string of the molecule is CCCNC(C)(CC(C)N1CC(C)OC(C)(C)C1)C(N)=O. The normalized spacial score (nSPS) is 27.0. The number of primary amides is 1. The van der Waals surface area contributed by atoms with Crippen LogP contribution in [0.5, 0.6) is 0 Å². The van der Waals surface area contributed by atoms with Crippen LogP contribution in [0.25, 0.3) is 0 Å². The third kappa shape index (κ3) is 5.24. The molecule has 1 aliphatic heterocycles. The summed E-state index contributed by atoms with van der Waals surface area (Å²) in [5.41, 5.74) is 4.83. The van der Waals surface area contributed by atoms with Gasteiger partial charge in [-0.25, -0.2) is 0 Å². The zero-order valence-corrected chi connectivity index (χ0v) is 14.5. The van der Waals surface area contributed by atoms with Crippen LogP contribution in [-0.4, -0.2) is 53.7 Å². The van der Waals surface area contributed by atoms with E-state index < -0.39 is 5.54 Å². The summed E-state index contributed by atoms with van der Waals surface area (Å²) in [6.07, 6.45) is 1.91. The summed E-state index contributed by atoms with van der Waals surface area (Å²) in [6.45, 7) is 15.1.